The van der Waals surface area contributed by atoms with Gasteiger partial charge in [0.2, 0.25) is 6.79 Å². The molecule has 1 aromatic heterocycles. The highest BCUT2D eigenvalue weighted by Crippen LogP contribution is 2.32. The first-order valence-corrected chi connectivity index (χ1v) is 7.03. The number of nitrogens with zero attached hydrogens (tertiary/aromatic N) is 2. The molecule has 0 radical (unpaired) electrons. The third kappa shape index (κ3) is 2.16. The summed E-state index contributed by atoms with van der Waals surface area (Å²) in [6.45, 7) is 1.03. The van der Waals surface area contributed by atoms with Crippen LogP contribution in [0.2, 0.25) is 0 Å². The Kier molecular flexibility index (Phi) is 3.34. The standard InChI is InChI=1S/C12H10ClIN2O2/c13-4-9-12(14)15-6-16(9)5-8-1-2-10-11(3-8)18-7-17-10/h1-3,6H,4-5,7H2. The predicted octanol–water partition coefficient (Wildman–Crippen LogP) is 3.00. The molecule has 2 heterocycles. The van der Waals surface area contributed by atoms with Gasteiger partial charge in [0.05, 0.1) is 17.9 Å². The van der Waals surface area contributed by atoms with Crippen LogP contribution in [0, 0.1) is 3.70 Å². The molecule has 6 heteroatoms. The van der Waals surface area contributed by atoms with Gasteiger partial charge < -0.3 is 14.0 Å². The number of hydrogen-bond acceptors (Lipinski definition) is 3. The molecule has 1 aliphatic heterocycles. The molecule has 0 atom stereocenters. The Bertz CT molecular complexity index is 585. The number of rotatable bonds is 3. The Balaban J connectivity index is 1.88. The van der Waals surface area contributed by atoms with Crippen LogP contribution in [-0.2, 0) is 12.4 Å². The average molecular weight is 377 g/mol. The monoisotopic (exact) mass is 376 g/mol. The number of aromatic nitrogens is 2. The Labute approximate surface area is 123 Å². The van der Waals surface area contributed by atoms with Crippen molar-refractivity contribution >= 4 is 34.2 Å². The van der Waals surface area contributed by atoms with Crippen LogP contribution in [0.3, 0.4) is 0 Å². The fourth-order valence-electron chi connectivity index (χ4n) is 1.89. The minimum Gasteiger partial charge on any atom is -0.454 e. The maximum atomic E-state index is 5.93. The molecular weight excluding hydrogens is 367 g/mol. The Morgan fingerprint density at radius 1 is 1.33 bits per heavy atom. The van der Waals surface area contributed by atoms with E-state index in [0.717, 1.165) is 33.0 Å². The molecule has 0 bridgehead atoms. The lowest BCUT2D eigenvalue weighted by atomic mass is 10.2. The summed E-state index contributed by atoms with van der Waals surface area (Å²) in [4.78, 5) is 4.27. The molecule has 4 nitrogen and oxygen atoms in total. The Morgan fingerprint density at radius 3 is 3.00 bits per heavy atom. The van der Waals surface area contributed by atoms with Crippen molar-refractivity contribution in [1.82, 2.24) is 9.55 Å². The molecule has 2 aromatic rings. The van der Waals surface area contributed by atoms with E-state index in [-0.39, 0.29) is 0 Å². The first kappa shape index (κ1) is 12.1. The van der Waals surface area contributed by atoms with Crippen molar-refractivity contribution in [2.24, 2.45) is 0 Å². The van der Waals surface area contributed by atoms with Crippen LogP contribution in [0.5, 0.6) is 11.5 Å². The summed E-state index contributed by atoms with van der Waals surface area (Å²) in [7, 11) is 0. The zero-order valence-electron chi connectivity index (χ0n) is 9.40. The van der Waals surface area contributed by atoms with Gasteiger partial charge >= 0.3 is 0 Å². The molecule has 18 heavy (non-hydrogen) atoms. The number of halogens is 2. The fraction of sp³-hybridized carbons (Fsp3) is 0.250. The maximum absolute atomic E-state index is 5.93. The highest BCUT2D eigenvalue weighted by Gasteiger charge is 2.14. The normalized spacial score (nSPS) is 13.0. The number of imidazole rings is 1. The second-order valence-electron chi connectivity index (χ2n) is 3.93. The van der Waals surface area contributed by atoms with Gasteiger partial charge in [-0.25, -0.2) is 4.98 Å². The van der Waals surface area contributed by atoms with Crippen molar-refractivity contribution in [2.45, 2.75) is 12.4 Å². The third-order valence-electron chi connectivity index (χ3n) is 2.81. The molecule has 0 aliphatic carbocycles. The highest BCUT2D eigenvalue weighted by molar-refractivity contribution is 14.1. The number of ether oxygens (including phenoxy) is 2. The minimum absolute atomic E-state index is 0.300. The summed E-state index contributed by atoms with van der Waals surface area (Å²) in [6, 6.07) is 5.95. The molecular formula is C12H10ClIN2O2. The third-order valence-corrected chi connectivity index (χ3v) is 3.97. The molecule has 0 saturated carbocycles. The van der Waals surface area contributed by atoms with Crippen LogP contribution < -0.4 is 9.47 Å². The topological polar surface area (TPSA) is 36.3 Å². The molecule has 1 aliphatic rings. The van der Waals surface area contributed by atoms with E-state index in [4.69, 9.17) is 21.1 Å². The van der Waals surface area contributed by atoms with Crippen molar-refractivity contribution in [1.29, 1.82) is 0 Å². The van der Waals surface area contributed by atoms with Crippen LogP contribution in [-0.4, -0.2) is 16.3 Å². The quantitative estimate of drug-likeness (QED) is 0.610. The molecule has 1 aromatic carbocycles. The molecule has 0 unspecified atom stereocenters. The van der Waals surface area contributed by atoms with Gasteiger partial charge in [-0.3, -0.25) is 0 Å². The van der Waals surface area contributed by atoms with Gasteiger partial charge in [0.1, 0.15) is 3.70 Å². The minimum atomic E-state index is 0.300. The van der Waals surface area contributed by atoms with Crippen LogP contribution >= 0.6 is 34.2 Å². The Hall–Kier alpha value is -0.950. The number of alkyl halides is 1. The second kappa shape index (κ2) is 4.97. The summed E-state index contributed by atoms with van der Waals surface area (Å²) in [5.74, 6) is 2.06. The molecule has 3 rings (SSSR count). The SMILES string of the molecule is ClCc1c(I)ncn1Cc1ccc2c(c1)OCO2. The maximum Gasteiger partial charge on any atom is 0.231 e. The molecule has 0 spiro atoms. The number of fused-ring (bicyclic) bond motifs is 1. The summed E-state index contributed by atoms with van der Waals surface area (Å²) >= 11 is 8.12. The van der Waals surface area contributed by atoms with Crippen LogP contribution in [0.1, 0.15) is 11.3 Å². The lowest BCUT2D eigenvalue weighted by molar-refractivity contribution is 0.174. The lowest BCUT2D eigenvalue weighted by Crippen LogP contribution is -2.02. The smallest absolute Gasteiger partial charge is 0.231 e. The molecule has 0 saturated heterocycles. The van der Waals surface area contributed by atoms with Crippen molar-refractivity contribution in [2.75, 3.05) is 6.79 Å². The average Bonchev–Trinajstić information content (AvgIpc) is 2.96. The molecule has 0 fully saturated rings. The summed E-state index contributed by atoms with van der Waals surface area (Å²) in [6.07, 6.45) is 1.81. The van der Waals surface area contributed by atoms with E-state index in [1.165, 1.54) is 0 Å². The number of hydrogen-bond donors (Lipinski definition) is 0. The van der Waals surface area contributed by atoms with E-state index >= 15 is 0 Å². The fourth-order valence-corrected chi connectivity index (χ4v) is 3.02. The summed E-state index contributed by atoms with van der Waals surface area (Å²) in [5, 5.41) is 0. The van der Waals surface area contributed by atoms with Gasteiger partial charge in [0.25, 0.3) is 0 Å². The predicted molar refractivity (Wildman–Crippen MR) is 76.2 cm³/mol. The first-order chi connectivity index (χ1) is 8.78. The van der Waals surface area contributed by atoms with Gasteiger partial charge in [0.15, 0.2) is 11.5 Å². The van der Waals surface area contributed by atoms with E-state index in [1.807, 2.05) is 29.1 Å². The molecule has 94 valence electrons. The van der Waals surface area contributed by atoms with Gasteiger partial charge in [-0.05, 0) is 40.3 Å². The van der Waals surface area contributed by atoms with Crippen molar-refractivity contribution in [3.63, 3.8) is 0 Å². The van der Waals surface area contributed by atoms with E-state index < -0.39 is 0 Å². The van der Waals surface area contributed by atoms with Gasteiger partial charge in [0, 0.05) is 6.54 Å². The van der Waals surface area contributed by atoms with Gasteiger partial charge in [-0.1, -0.05) is 6.07 Å². The van der Waals surface area contributed by atoms with Crippen LogP contribution in [0.4, 0.5) is 0 Å². The van der Waals surface area contributed by atoms with E-state index in [2.05, 4.69) is 27.6 Å². The van der Waals surface area contributed by atoms with Crippen LogP contribution in [0.15, 0.2) is 24.5 Å². The zero-order valence-corrected chi connectivity index (χ0v) is 12.3. The van der Waals surface area contributed by atoms with Crippen molar-refractivity contribution in [3.8, 4) is 11.5 Å². The van der Waals surface area contributed by atoms with Crippen molar-refractivity contribution < 1.29 is 9.47 Å². The first-order valence-electron chi connectivity index (χ1n) is 5.42. The Morgan fingerprint density at radius 2 is 2.17 bits per heavy atom. The van der Waals surface area contributed by atoms with E-state index in [9.17, 15) is 0 Å². The van der Waals surface area contributed by atoms with Gasteiger partial charge in [-0.2, -0.15) is 0 Å². The molecule has 0 amide bonds. The lowest BCUT2D eigenvalue weighted by Gasteiger charge is -2.07. The second-order valence-corrected chi connectivity index (χ2v) is 5.22. The highest BCUT2D eigenvalue weighted by atomic mass is 127. The summed E-state index contributed by atoms with van der Waals surface area (Å²) < 4.78 is 13.6. The zero-order chi connectivity index (χ0) is 12.5. The van der Waals surface area contributed by atoms with Crippen molar-refractivity contribution in [3.05, 3.63) is 39.5 Å². The van der Waals surface area contributed by atoms with Gasteiger partial charge in [-0.15, -0.1) is 11.6 Å². The largest absolute Gasteiger partial charge is 0.454 e. The number of benzene rings is 1. The summed E-state index contributed by atoms with van der Waals surface area (Å²) in [5.41, 5.74) is 2.18. The van der Waals surface area contributed by atoms with E-state index in [0.29, 0.717) is 12.7 Å². The molecule has 0 N–H and O–H groups in total. The van der Waals surface area contributed by atoms with Crippen LogP contribution in [0.25, 0.3) is 0 Å². The van der Waals surface area contributed by atoms with E-state index in [1.54, 1.807) is 0 Å².